The van der Waals surface area contributed by atoms with Crippen molar-refractivity contribution in [2.75, 3.05) is 0 Å². The van der Waals surface area contributed by atoms with Crippen LogP contribution in [0.1, 0.15) is 12.3 Å². The van der Waals surface area contributed by atoms with Crippen LogP contribution in [0.25, 0.3) is 98.4 Å². The molecule has 0 radical (unpaired) electrons. The summed E-state index contributed by atoms with van der Waals surface area (Å²) in [5.41, 5.74) is 5.57. The topological polar surface area (TPSA) is 0 Å². The molecule has 10 aromatic carbocycles. The Morgan fingerprint density at radius 2 is 0.840 bits per heavy atom. The van der Waals surface area contributed by atoms with Gasteiger partial charge in [0, 0.05) is 0 Å². The first-order valence-corrected chi connectivity index (χ1v) is 16.6. The van der Waals surface area contributed by atoms with Crippen LogP contribution in [0.15, 0.2) is 194 Å². The van der Waals surface area contributed by atoms with Crippen LogP contribution in [-0.2, 0) is 0 Å². The van der Waals surface area contributed by atoms with Crippen LogP contribution in [-0.4, -0.2) is 0 Å². The number of benzene rings is 10. The van der Waals surface area contributed by atoms with E-state index in [0.717, 1.165) is 54.7 Å². The fraction of sp³-hybridized carbons (Fsp3) is 0. The minimum atomic E-state index is -0.543. The molecule has 0 aliphatic carbocycles. The predicted octanol–water partition coefficient (Wildman–Crippen LogP) is 14.1. The van der Waals surface area contributed by atoms with Gasteiger partial charge in [-0.15, -0.1) is 0 Å². The van der Waals surface area contributed by atoms with Crippen molar-refractivity contribution < 1.29 is 12.3 Å². The van der Waals surface area contributed by atoms with Crippen molar-refractivity contribution >= 4 is 53.9 Å². The Balaban J connectivity index is 1.30. The summed E-state index contributed by atoms with van der Waals surface area (Å²) >= 11 is 0. The average Bonchev–Trinajstić information content (AvgIpc) is 3.27. The average molecular weight is 642 g/mol. The summed E-state index contributed by atoms with van der Waals surface area (Å²) in [5.74, 6) is 0. The number of rotatable bonds is 4. The lowest BCUT2D eigenvalue weighted by Gasteiger charge is -2.19. The molecule has 0 spiro atoms. The van der Waals surface area contributed by atoms with E-state index in [1.165, 1.54) is 5.39 Å². The second-order valence-corrected chi connectivity index (χ2v) is 12.6. The van der Waals surface area contributed by atoms with Crippen LogP contribution in [0.2, 0.25) is 0 Å². The Kier molecular flexibility index (Phi) is 4.81. The second kappa shape index (κ2) is 11.6. The first-order chi connectivity index (χ1) is 28.5. The lowest BCUT2D eigenvalue weighted by molar-refractivity contribution is 1.64. The van der Waals surface area contributed by atoms with Gasteiger partial charge in [0.2, 0.25) is 0 Å². The fourth-order valence-electron chi connectivity index (χ4n) is 7.63. The van der Waals surface area contributed by atoms with Gasteiger partial charge in [-0.05, 0) is 117 Å². The molecule has 0 aromatic heterocycles. The molecule has 10 aromatic rings. The van der Waals surface area contributed by atoms with Gasteiger partial charge in [0.25, 0.3) is 0 Å². The fourth-order valence-corrected chi connectivity index (χ4v) is 7.63. The maximum Gasteiger partial charge on any atom is 0.0629 e. The van der Waals surface area contributed by atoms with Gasteiger partial charge >= 0.3 is 0 Å². The smallest absolute Gasteiger partial charge is 0.0622 e. The zero-order valence-corrected chi connectivity index (χ0v) is 26.8. The van der Waals surface area contributed by atoms with Crippen molar-refractivity contribution in [1.82, 2.24) is 0 Å². The van der Waals surface area contributed by atoms with Crippen molar-refractivity contribution in [2.45, 2.75) is 0 Å². The molecule has 0 nitrogen and oxygen atoms in total. The van der Waals surface area contributed by atoms with Crippen molar-refractivity contribution in [1.29, 1.82) is 0 Å². The molecule has 0 heterocycles. The molecule has 0 saturated carbocycles. The molecule has 50 heavy (non-hydrogen) atoms. The van der Waals surface area contributed by atoms with Gasteiger partial charge in [-0.1, -0.05) is 176 Å². The molecule has 0 heteroatoms. The zero-order chi connectivity index (χ0) is 40.9. The summed E-state index contributed by atoms with van der Waals surface area (Å²) in [6.07, 6.45) is 0. The highest BCUT2D eigenvalue weighted by atomic mass is 14.2. The van der Waals surface area contributed by atoms with E-state index < -0.39 is 42.3 Å². The van der Waals surface area contributed by atoms with Gasteiger partial charge in [0.05, 0.1) is 12.3 Å². The van der Waals surface area contributed by atoms with E-state index in [4.69, 9.17) is 9.60 Å². The Labute approximate surface area is 304 Å². The zero-order valence-electron chi connectivity index (χ0n) is 35.8. The van der Waals surface area contributed by atoms with Gasteiger partial charge in [0.15, 0.2) is 0 Å². The van der Waals surface area contributed by atoms with E-state index in [1.807, 2.05) is 48.5 Å². The molecule has 0 fully saturated rings. The summed E-state index contributed by atoms with van der Waals surface area (Å²) in [6.45, 7) is 0. The van der Waals surface area contributed by atoms with E-state index in [2.05, 4.69) is 78.9 Å². The van der Waals surface area contributed by atoms with E-state index in [0.29, 0.717) is 16.3 Å². The van der Waals surface area contributed by atoms with E-state index in [1.54, 1.807) is 12.1 Å². The summed E-state index contributed by atoms with van der Waals surface area (Å²) in [7, 11) is 0. The SMILES string of the molecule is [2H]c1c([2H])c([2H])c(-c2c3ccccc3c(-c3cccc4c(-c5cc(-c6ccc7ccccc7c6)c6ccccc6c5)cccc34)c3c([2H])c([2H])c([2H])c([2H])c23)c([2H])c1[2H]. The van der Waals surface area contributed by atoms with Crippen LogP contribution in [0.4, 0.5) is 0 Å². The molecule has 0 N–H and O–H groups in total. The molecule has 0 aliphatic rings. The molecular weight excluding hydrogens is 601 g/mol. The van der Waals surface area contributed by atoms with Gasteiger partial charge < -0.3 is 0 Å². The highest BCUT2D eigenvalue weighted by molar-refractivity contribution is 6.24. The third-order valence-corrected chi connectivity index (χ3v) is 9.83. The second-order valence-electron chi connectivity index (χ2n) is 12.6. The minimum Gasteiger partial charge on any atom is -0.0622 e. The van der Waals surface area contributed by atoms with Crippen LogP contribution in [0, 0.1) is 0 Å². The van der Waals surface area contributed by atoms with E-state index in [9.17, 15) is 2.74 Å². The summed E-state index contributed by atoms with van der Waals surface area (Å²) < 4.78 is 79.6. The highest BCUT2D eigenvalue weighted by Gasteiger charge is 2.19. The predicted molar refractivity (Wildman–Crippen MR) is 216 cm³/mol. The largest absolute Gasteiger partial charge is 0.0629 e. The third kappa shape index (κ3) is 4.54. The quantitative estimate of drug-likeness (QED) is 0.168. The van der Waals surface area contributed by atoms with Crippen molar-refractivity contribution in [2.24, 2.45) is 0 Å². The Hall–Kier alpha value is -6.50. The van der Waals surface area contributed by atoms with Crippen molar-refractivity contribution in [3.05, 3.63) is 194 Å². The van der Waals surface area contributed by atoms with Crippen LogP contribution in [0.3, 0.4) is 0 Å². The first-order valence-electron chi connectivity index (χ1n) is 21.1. The number of hydrogen-bond donors (Lipinski definition) is 0. The maximum absolute atomic E-state index is 9.40. The molecule has 232 valence electrons. The Morgan fingerprint density at radius 1 is 0.280 bits per heavy atom. The number of fused-ring (bicyclic) bond motifs is 5. The molecule has 0 amide bonds. The number of hydrogen-bond acceptors (Lipinski definition) is 0. The van der Waals surface area contributed by atoms with E-state index >= 15 is 0 Å². The normalized spacial score (nSPS) is 14.1. The molecular formula is C50H32. The van der Waals surface area contributed by atoms with Gasteiger partial charge in [-0.25, -0.2) is 0 Å². The third-order valence-electron chi connectivity index (χ3n) is 9.83. The molecule has 0 saturated heterocycles. The van der Waals surface area contributed by atoms with Gasteiger partial charge in [-0.3, -0.25) is 0 Å². The molecule has 0 atom stereocenters. The van der Waals surface area contributed by atoms with Crippen LogP contribution in [0.5, 0.6) is 0 Å². The van der Waals surface area contributed by atoms with Gasteiger partial charge in [0.1, 0.15) is 0 Å². The first kappa shape index (κ1) is 20.8. The van der Waals surface area contributed by atoms with Crippen molar-refractivity contribution in [3.63, 3.8) is 0 Å². The summed E-state index contributed by atoms with van der Waals surface area (Å²) in [4.78, 5) is 0. The molecule has 0 aliphatic heterocycles. The Bertz CT molecular complexity index is 3410. The lowest BCUT2D eigenvalue weighted by atomic mass is 9.84. The summed E-state index contributed by atoms with van der Waals surface area (Å²) in [5, 5.41) is 7.78. The summed E-state index contributed by atoms with van der Waals surface area (Å²) in [6, 6.07) is 43.1. The van der Waals surface area contributed by atoms with Crippen LogP contribution < -0.4 is 0 Å². The standard InChI is InChI=1S/C50H32/c1-2-15-34(16-3-1)49-44-20-8-10-22-46(44)50(47-23-11-9-21-45(47)49)43-27-13-25-41-40(24-12-26-42(41)43)38-31-36-18-6-7-19-39(36)48(32-38)37-29-28-33-14-4-5-17-35(33)30-37/h1-32H/i1D,2D,3D,8D,10D,15D,16D,20D,22D. The van der Waals surface area contributed by atoms with Crippen LogP contribution >= 0.6 is 0 Å². The van der Waals surface area contributed by atoms with Gasteiger partial charge in [-0.2, -0.15) is 0 Å². The molecule has 0 bridgehead atoms. The Morgan fingerprint density at radius 3 is 1.62 bits per heavy atom. The lowest BCUT2D eigenvalue weighted by Crippen LogP contribution is -1.92. The molecule has 0 unspecified atom stereocenters. The molecule has 10 rings (SSSR count). The highest BCUT2D eigenvalue weighted by Crippen LogP contribution is 2.46. The maximum atomic E-state index is 9.40. The van der Waals surface area contributed by atoms with Crippen molar-refractivity contribution in [3.8, 4) is 44.5 Å². The minimum absolute atomic E-state index is 0.0888. The van der Waals surface area contributed by atoms with E-state index in [-0.39, 0.29) is 34.0 Å². The monoisotopic (exact) mass is 641 g/mol.